The molecule has 2 heterocycles. The van der Waals surface area contributed by atoms with Crippen molar-refractivity contribution in [2.45, 2.75) is 46.1 Å². The van der Waals surface area contributed by atoms with Crippen molar-refractivity contribution in [3.63, 3.8) is 0 Å². The number of aryl methyl sites for hydroxylation is 1. The fraction of sp³-hybridized carbons (Fsp3) is 0.533. The second kappa shape index (κ2) is 6.61. The van der Waals surface area contributed by atoms with Gasteiger partial charge in [-0.2, -0.15) is 4.98 Å². The summed E-state index contributed by atoms with van der Waals surface area (Å²) in [6.07, 6.45) is 2.85. The Bertz CT molecular complexity index is 552. The van der Waals surface area contributed by atoms with E-state index in [4.69, 9.17) is 4.52 Å². The molecule has 0 fully saturated rings. The molecule has 108 valence electrons. The monoisotopic (exact) mass is 274 g/mol. The van der Waals surface area contributed by atoms with Gasteiger partial charge in [-0.25, -0.2) is 0 Å². The predicted octanol–water partition coefficient (Wildman–Crippen LogP) is 2.93. The summed E-state index contributed by atoms with van der Waals surface area (Å²) in [5.41, 5.74) is 1.83. The lowest BCUT2D eigenvalue weighted by atomic mass is 10.0. The first-order valence-corrected chi connectivity index (χ1v) is 7.12. The lowest BCUT2D eigenvalue weighted by Gasteiger charge is -2.17. The first-order chi connectivity index (χ1) is 9.63. The average Bonchev–Trinajstić information content (AvgIpc) is 2.94. The highest BCUT2D eigenvalue weighted by molar-refractivity contribution is 5.53. The van der Waals surface area contributed by atoms with Crippen LogP contribution in [0.15, 0.2) is 22.9 Å². The summed E-state index contributed by atoms with van der Waals surface area (Å²) in [5, 5.41) is 7.50. The number of aromatic nitrogens is 3. The Hall–Kier alpha value is -1.75. The van der Waals surface area contributed by atoms with Crippen molar-refractivity contribution in [2.75, 3.05) is 6.54 Å². The van der Waals surface area contributed by atoms with Gasteiger partial charge in [-0.3, -0.25) is 4.98 Å². The molecule has 0 spiro atoms. The van der Waals surface area contributed by atoms with Crippen molar-refractivity contribution in [2.24, 2.45) is 0 Å². The average molecular weight is 274 g/mol. The van der Waals surface area contributed by atoms with Crippen molar-refractivity contribution in [1.82, 2.24) is 20.4 Å². The van der Waals surface area contributed by atoms with Gasteiger partial charge in [0.2, 0.25) is 11.7 Å². The topological polar surface area (TPSA) is 63.8 Å². The van der Waals surface area contributed by atoms with Crippen LogP contribution < -0.4 is 5.32 Å². The van der Waals surface area contributed by atoms with Gasteiger partial charge in [0.25, 0.3) is 0 Å². The van der Waals surface area contributed by atoms with E-state index in [2.05, 4.69) is 41.2 Å². The van der Waals surface area contributed by atoms with Gasteiger partial charge in [-0.1, -0.05) is 25.1 Å². The van der Waals surface area contributed by atoms with E-state index >= 15 is 0 Å². The third-order valence-corrected chi connectivity index (χ3v) is 3.52. The quantitative estimate of drug-likeness (QED) is 0.877. The number of nitrogens with one attached hydrogen (secondary N) is 1. The van der Waals surface area contributed by atoms with Gasteiger partial charge in [0.05, 0.1) is 5.92 Å². The van der Waals surface area contributed by atoms with E-state index in [0.717, 1.165) is 24.2 Å². The molecule has 0 saturated heterocycles. The lowest BCUT2D eigenvalue weighted by molar-refractivity contribution is 0.331. The number of pyridine rings is 1. The Labute approximate surface area is 119 Å². The zero-order chi connectivity index (χ0) is 14.5. The lowest BCUT2D eigenvalue weighted by Crippen LogP contribution is -2.31. The number of rotatable bonds is 6. The van der Waals surface area contributed by atoms with E-state index in [9.17, 15) is 0 Å². The van der Waals surface area contributed by atoms with E-state index in [-0.39, 0.29) is 5.92 Å². The highest BCUT2D eigenvalue weighted by Gasteiger charge is 2.21. The van der Waals surface area contributed by atoms with Crippen LogP contribution in [0.4, 0.5) is 0 Å². The molecule has 2 aromatic heterocycles. The minimum Gasteiger partial charge on any atom is -0.339 e. The van der Waals surface area contributed by atoms with Gasteiger partial charge in [0, 0.05) is 12.2 Å². The van der Waals surface area contributed by atoms with Crippen molar-refractivity contribution >= 4 is 0 Å². The molecule has 0 saturated carbocycles. The van der Waals surface area contributed by atoms with Gasteiger partial charge in [-0.15, -0.1) is 0 Å². The van der Waals surface area contributed by atoms with Crippen molar-refractivity contribution < 1.29 is 4.52 Å². The summed E-state index contributed by atoms with van der Waals surface area (Å²) >= 11 is 0. The summed E-state index contributed by atoms with van der Waals surface area (Å²) in [7, 11) is 0. The van der Waals surface area contributed by atoms with E-state index in [1.165, 1.54) is 0 Å². The molecule has 1 N–H and O–H groups in total. The second-order valence-corrected chi connectivity index (χ2v) is 5.16. The fourth-order valence-electron chi connectivity index (χ4n) is 2.00. The highest BCUT2D eigenvalue weighted by atomic mass is 16.5. The Balaban J connectivity index is 2.15. The molecular weight excluding hydrogens is 252 g/mol. The van der Waals surface area contributed by atoms with Crippen LogP contribution in [0, 0.1) is 6.92 Å². The SMILES string of the molecule is CCCNC(C)C(C)c1nc(-c2ncccc2C)no1. The molecule has 0 aliphatic rings. The first-order valence-electron chi connectivity index (χ1n) is 7.12. The third-order valence-electron chi connectivity index (χ3n) is 3.52. The van der Waals surface area contributed by atoms with E-state index in [1.807, 2.05) is 19.1 Å². The molecule has 0 amide bonds. The normalized spacial score (nSPS) is 14.2. The van der Waals surface area contributed by atoms with Crippen molar-refractivity contribution in [3.05, 3.63) is 29.8 Å². The fourth-order valence-corrected chi connectivity index (χ4v) is 2.00. The molecule has 0 aromatic carbocycles. The molecule has 0 aliphatic heterocycles. The van der Waals surface area contributed by atoms with E-state index < -0.39 is 0 Å². The van der Waals surface area contributed by atoms with E-state index in [1.54, 1.807) is 6.20 Å². The van der Waals surface area contributed by atoms with Crippen LogP contribution in [0.1, 0.15) is 44.6 Å². The van der Waals surface area contributed by atoms with Crippen LogP contribution in [-0.2, 0) is 0 Å². The standard InChI is InChI=1S/C15H22N4O/c1-5-8-16-12(4)11(3)15-18-14(19-20-15)13-10(2)7-6-9-17-13/h6-7,9,11-12,16H,5,8H2,1-4H3. The zero-order valence-electron chi connectivity index (χ0n) is 12.6. The summed E-state index contributed by atoms with van der Waals surface area (Å²) in [4.78, 5) is 8.81. The highest BCUT2D eigenvalue weighted by Crippen LogP contribution is 2.22. The van der Waals surface area contributed by atoms with Gasteiger partial charge >= 0.3 is 0 Å². The van der Waals surface area contributed by atoms with Crippen LogP contribution in [0.3, 0.4) is 0 Å². The smallest absolute Gasteiger partial charge is 0.231 e. The van der Waals surface area contributed by atoms with Crippen LogP contribution in [0.2, 0.25) is 0 Å². The number of nitrogens with zero attached hydrogens (tertiary/aromatic N) is 3. The second-order valence-electron chi connectivity index (χ2n) is 5.16. The Morgan fingerprint density at radius 1 is 1.35 bits per heavy atom. The summed E-state index contributed by atoms with van der Waals surface area (Å²) in [6, 6.07) is 4.19. The molecule has 2 aromatic rings. The van der Waals surface area contributed by atoms with Gasteiger partial charge in [0.15, 0.2) is 0 Å². The molecule has 2 rings (SSSR count). The maximum Gasteiger partial charge on any atom is 0.231 e. The van der Waals surface area contributed by atoms with Crippen LogP contribution in [-0.4, -0.2) is 27.7 Å². The third kappa shape index (κ3) is 3.22. The molecule has 0 bridgehead atoms. The van der Waals surface area contributed by atoms with Gasteiger partial charge < -0.3 is 9.84 Å². The summed E-state index contributed by atoms with van der Waals surface area (Å²) in [5.74, 6) is 1.39. The molecule has 5 nitrogen and oxygen atoms in total. The molecule has 0 aliphatic carbocycles. The number of hydrogen-bond acceptors (Lipinski definition) is 5. The largest absolute Gasteiger partial charge is 0.339 e. The van der Waals surface area contributed by atoms with Crippen molar-refractivity contribution in [1.29, 1.82) is 0 Å². The Kier molecular flexibility index (Phi) is 4.84. The van der Waals surface area contributed by atoms with Gasteiger partial charge in [0.1, 0.15) is 5.69 Å². The van der Waals surface area contributed by atoms with Crippen molar-refractivity contribution in [3.8, 4) is 11.5 Å². The minimum atomic E-state index is 0.173. The Morgan fingerprint density at radius 3 is 2.85 bits per heavy atom. The molecule has 2 unspecified atom stereocenters. The molecule has 20 heavy (non-hydrogen) atoms. The maximum absolute atomic E-state index is 5.40. The molecule has 5 heteroatoms. The van der Waals surface area contributed by atoms with Crippen LogP contribution >= 0.6 is 0 Å². The molecule has 2 atom stereocenters. The van der Waals surface area contributed by atoms with Crippen LogP contribution in [0.5, 0.6) is 0 Å². The van der Waals surface area contributed by atoms with E-state index in [0.29, 0.717) is 17.8 Å². The molecule has 0 radical (unpaired) electrons. The predicted molar refractivity (Wildman–Crippen MR) is 78.4 cm³/mol. The maximum atomic E-state index is 5.40. The zero-order valence-corrected chi connectivity index (χ0v) is 12.6. The Morgan fingerprint density at radius 2 is 2.15 bits per heavy atom. The summed E-state index contributed by atoms with van der Waals surface area (Å²) < 4.78 is 5.40. The molecular formula is C15H22N4O. The summed E-state index contributed by atoms with van der Waals surface area (Å²) in [6.45, 7) is 9.37. The first kappa shape index (κ1) is 14.7. The minimum absolute atomic E-state index is 0.173. The number of hydrogen-bond donors (Lipinski definition) is 1. The van der Waals surface area contributed by atoms with Crippen LogP contribution in [0.25, 0.3) is 11.5 Å². The van der Waals surface area contributed by atoms with Gasteiger partial charge in [-0.05, 0) is 38.4 Å².